The number of carbonyl (C=O) groups is 1. The third-order valence-corrected chi connectivity index (χ3v) is 14.7. The monoisotopic (exact) mass is 530 g/mol. The van der Waals surface area contributed by atoms with Crippen LogP contribution in [0.25, 0.3) is 0 Å². The Morgan fingerprint density at radius 2 is 1.81 bits per heavy atom. The van der Waals surface area contributed by atoms with Crippen molar-refractivity contribution in [1.82, 2.24) is 0 Å². The summed E-state index contributed by atoms with van der Waals surface area (Å²) in [7, 11) is -1.99. The minimum absolute atomic E-state index is 0.0654. The van der Waals surface area contributed by atoms with Crippen molar-refractivity contribution in [2.45, 2.75) is 109 Å². The summed E-state index contributed by atoms with van der Waals surface area (Å²) in [6.07, 6.45) is 3.39. The molecule has 0 radical (unpaired) electrons. The van der Waals surface area contributed by atoms with Crippen LogP contribution in [0.1, 0.15) is 65.9 Å². The number of carbonyl (C=O) groups excluding carboxylic acids is 1. The number of ether oxygens (including phenoxy) is 2. The van der Waals surface area contributed by atoms with E-state index in [1.807, 2.05) is 42.5 Å². The van der Waals surface area contributed by atoms with Crippen LogP contribution in [0.5, 0.6) is 0 Å². The van der Waals surface area contributed by atoms with E-state index in [9.17, 15) is 15.0 Å². The highest BCUT2D eigenvalue weighted by Crippen LogP contribution is 2.64. The van der Waals surface area contributed by atoms with E-state index in [0.717, 1.165) is 18.4 Å². The first-order valence-electron chi connectivity index (χ1n) is 13.7. The number of benzene rings is 1. The van der Waals surface area contributed by atoms with Crippen molar-refractivity contribution >= 4 is 14.1 Å². The Labute approximate surface area is 223 Å². The highest BCUT2D eigenvalue weighted by molar-refractivity contribution is 6.74. The molecular weight excluding hydrogens is 484 g/mol. The maximum absolute atomic E-state index is 13.2. The van der Waals surface area contributed by atoms with Crippen molar-refractivity contribution in [3.8, 4) is 0 Å². The summed E-state index contributed by atoms with van der Waals surface area (Å²) in [6, 6.07) is 9.77. The lowest BCUT2D eigenvalue weighted by Gasteiger charge is -2.39. The highest BCUT2D eigenvalue weighted by Gasteiger charge is 2.64. The lowest BCUT2D eigenvalue weighted by molar-refractivity contribution is -0.130. The zero-order chi connectivity index (χ0) is 27.3. The standard InChI is InChI=1S/C30H46O6Si/c1-27(2,3)37(6,7)35-18-14-24-30(25(32)26(33)36-24,34-20-21-11-9-8-10-12-21)17-16-29-15-13-22(19-23(29)31)28(29,4)5/h8-12,16-17,22,24-26,32-33H,13-15,18-20H2,1-7H3/b17-16+/t22-,24+,25+,26+,29+,30+/m0/s1. The Morgan fingerprint density at radius 1 is 1.14 bits per heavy atom. The Bertz CT molecular complexity index is 999. The molecule has 1 aliphatic heterocycles. The minimum atomic E-state index is -1.99. The SMILES string of the molecule is CC1(C)[C@H]2CC[C@@]1(/C=C/[C@]1(OCc3ccccc3)[C@H](O)[C@H](O)O[C@@H]1CCO[Si](C)(C)C(C)(C)C)C(=O)C2. The van der Waals surface area contributed by atoms with Gasteiger partial charge in [-0.05, 0) is 54.3 Å². The maximum Gasteiger partial charge on any atom is 0.191 e. The van der Waals surface area contributed by atoms with E-state index in [-0.39, 0.29) is 22.8 Å². The summed E-state index contributed by atoms with van der Waals surface area (Å²) in [6.45, 7) is 16.0. The van der Waals surface area contributed by atoms with Crippen LogP contribution in [-0.4, -0.2) is 55.0 Å². The number of aliphatic hydroxyl groups is 2. The largest absolute Gasteiger partial charge is 0.417 e. The number of hydrogen-bond donors (Lipinski definition) is 2. The van der Waals surface area contributed by atoms with Gasteiger partial charge in [0, 0.05) is 13.0 Å². The molecule has 0 unspecified atom stereocenters. The van der Waals surface area contributed by atoms with Crippen molar-refractivity contribution in [3.63, 3.8) is 0 Å². The smallest absolute Gasteiger partial charge is 0.191 e. The fourth-order valence-electron chi connectivity index (χ4n) is 6.28. The van der Waals surface area contributed by atoms with Crippen molar-refractivity contribution in [2.75, 3.05) is 6.61 Å². The van der Waals surface area contributed by atoms with Gasteiger partial charge in [-0.3, -0.25) is 4.79 Å². The molecule has 4 rings (SSSR count). The van der Waals surface area contributed by atoms with E-state index in [1.54, 1.807) is 0 Å². The minimum Gasteiger partial charge on any atom is -0.417 e. The van der Waals surface area contributed by atoms with Gasteiger partial charge in [0.2, 0.25) is 0 Å². The van der Waals surface area contributed by atoms with Gasteiger partial charge in [-0.15, -0.1) is 0 Å². The fraction of sp³-hybridized carbons (Fsp3) is 0.700. The Balaban J connectivity index is 1.65. The molecule has 0 aromatic heterocycles. The lowest BCUT2D eigenvalue weighted by atomic mass is 9.68. The number of aliphatic hydroxyl groups excluding tert-OH is 2. The molecule has 1 aromatic rings. The summed E-state index contributed by atoms with van der Waals surface area (Å²) in [4.78, 5) is 13.2. The average Bonchev–Trinajstić information content (AvgIpc) is 3.29. The van der Waals surface area contributed by atoms with E-state index in [1.165, 1.54) is 0 Å². The van der Waals surface area contributed by atoms with Crippen LogP contribution in [0.15, 0.2) is 42.5 Å². The molecule has 7 heteroatoms. The number of ketones is 1. The van der Waals surface area contributed by atoms with Crippen molar-refractivity contribution in [2.24, 2.45) is 16.7 Å². The van der Waals surface area contributed by atoms with Gasteiger partial charge in [0.1, 0.15) is 17.5 Å². The molecule has 6 nitrogen and oxygen atoms in total. The van der Waals surface area contributed by atoms with Gasteiger partial charge < -0.3 is 24.1 Å². The molecule has 1 saturated heterocycles. The van der Waals surface area contributed by atoms with Crippen LogP contribution in [0.3, 0.4) is 0 Å². The van der Waals surface area contributed by atoms with Crippen LogP contribution < -0.4 is 0 Å². The molecule has 2 bridgehead atoms. The van der Waals surface area contributed by atoms with Crippen molar-refractivity contribution in [1.29, 1.82) is 0 Å². The predicted octanol–water partition coefficient (Wildman–Crippen LogP) is 5.38. The number of Topliss-reactive ketones (excluding diaryl/α,β-unsaturated/α-hetero) is 1. The molecule has 1 heterocycles. The summed E-state index contributed by atoms with van der Waals surface area (Å²) in [5.41, 5.74) is -1.10. The third kappa shape index (κ3) is 4.92. The molecule has 37 heavy (non-hydrogen) atoms. The first kappa shape index (κ1) is 28.6. The maximum atomic E-state index is 13.2. The number of rotatable bonds is 9. The molecule has 3 aliphatic rings. The van der Waals surface area contributed by atoms with Crippen LogP contribution >= 0.6 is 0 Å². The van der Waals surface area contributed by atoms with Gasteiger partial charge in [-0.2, -0.15) is 0 Å². The van der Waals surface area contributed by atoms with Crippen LogP contribution in [0.2, 0.25) is 18.1 Å². The zero-order valence-electron chi connectivity index (χ0n) is 23.6. The van der Waals surface area contributed by atoms with Gasteiger partial charge in [-0.25, -0.2) is 0 Å². The third-order valence-electron chi connectivity index (χ3n) is 10.1. The second kappa shape index (κ2) is 9.99. The van der Waals surface area contributed by atoms with E-state index in [2.05, 4.69) is 47.7 Å². The molecule has 3 fully saturated rings. The van der Waals surface area contributed by atoms with Gasteiger partial charge in [0.25, 0.3) is 0 Å². The Kier molecular flexibility index (Phi) is 7.74. The van der Waals surface area contributed by atoms with E-state index < -0.39 is 37.8 Å². The quantitative estimate of drug-likeness (QED) is 0.329. The number of allylic oxidation sites excluding steroid dienone is 1. The van der Waals surface area contributed by atoms with Gasteiger partial charge >= 0.3 is 0 Å². The second-order valence-corrected chi connectivity index (χ2v) is 18.2. The first-order valence-corrected chi connectivity index (χ1v) is 16.6. The molecule has 1 aromatic carbocycles. The van der Waals surface area contributed by atoms with E-state index >= 15 is 0 Å². The Hall–Kier alpha value is -1.35. The zero-order valence-corrected chi connectivity index (χ0v) is 24.6. The van der Waals surface area contributed by atoms with Crippen LogP contribution in [0, 0.1) is 16.7 Å². The molecule has 0 spiro atoms. The van der Waals surface area contributed by atoms with Crippen molar-refractivity contribution in [3.05, 3.63) is 48.0 Å². The lowest BCUT2D eigenvalue weighted by Crippen LogP contribution is -2.50. The molecule has 0 amide bonds. The fourth-order valence-corrected chi connectivity index (χ4v) is 7.34. The Morgan fingerprint density at radius 3 is 2.38 bits per heavy atom. The van der Waals surface area contributed by atoms with E-state index in [0.29, 0.717) is 25.4 Å². The van der Waals surface area contributed by atoms with Crippen molar-refractivity contribution < 1.29 is 28.9 Å². The molecule has 206 valence electrons. The normalized spacial score (nSPS) is 35.6. The second-order valence-electron chi connectivity index (χ2n) is 13.4. The summed E-state index contributed by atoms with van der Waals surface area (Å²) >= 11 is 0. The molecular formula is C30H46O6Si. The topological polar surface area (TPSA) is 85.2 Å². The summed E-state index contributed by atoms with van der Waals surface area (Å²) in [5, 5.41) is 22.1. The molecule has 6 atom stereocenters. The average molecular weight is 531 g/mol. The van der Waals surface area contributed by atoms with Gasteiger partial charge in [0.05, 0.1) is 18.1 Å². The number of hydrogen-bond acceptors (Lipinski definition) is 6. The van der Waals surface area contributed by atoms with Crippen LogP contribution in [0.4, 0.5) is 0 Å². The van der Waals surface area contributed by atoms with E-state index in [4.69, 9.17) is 13.9 Å². The molecule has 2 N–H and O–H groups in total. The highest BCUT2D eigenvalue weighted by atomic mass is 28.4. The predicted molar refractivity (Wildman–Crippen MR) is 146 cm³/mol. The molecule has 2 aliphatic carbocycles. The number of fused-ring (bicyclic) bond motifs is 2. The first-order chi connectivity index (χ1) is 17.2. The van der Waals surface area contributed by atoms with Crippen LogP contribution in [-0.2, 0) is 25.3 Å². The molecule has 2 saturated carbocycles. The summed E-state index contributed by atoms with van der Waals surface area (Å²) in [5.74, 6) is 0.630. The van der Waals surface area contributed by atoms with Gasteiger partial charge in [0.15, 0.2) is 14.6 Å². The summed E-state index contributed by atoms with van der Waals surface area (Å²) < 4.78 is 18.9. The van der Waals surface area contributed by atoms with Gasteiger partial charge in [-0.1, -0.05) is 77.1 Å².